The maximum Gasteiger partial charge on any atom is 0.130 e. The Morgan fingerprint density at radius 3 is 2.55 bits per heavy atom. The fraction of sp³-hybridized carbons (Fsp3) is 0.667. The van der Waals surface area contributed by atoms with Gasteiger partial charge in [0.15, 0.2) is 0 Å². The van der Waals surface area contributed by atoms with Gasteiger partial charge in [0, 0.05) is 25.1 Å². The van der Waals surface area contributed by atoms with Crippen LogP contribution in [-0.2, 0) is 4.79 Å². The van der Waals surface area contributed by atoms with Crippen LogP contribution in [0.2, 0.25) is 0 Å². The second kappa shape index (κ2) is 7.63. The molecular weight excluding hydrogens is 160 g/mol. The van der Waals surface area contributed by atoms with E-state index in [1.165, 1.54) is 0 Å². The van der Waals surface area contributed by atoms with Crippen LogP contribution in [0.5, 0.6) is 0 Å². The maximum absolute atomic E-state index is 10.4. The summed E-state index contributed by atoms with van der Waals surface area (Å²) in [5.74, 6) is 6.75. The molecule has 62 valence electrons. The van der Waals surface area contributed by atoms with Gasteiger partial charge in [-0.05, 0) is 13.3 Å². The quantitative estimate of drug-likeness (QED) is 0.362. The Labute approximate surface area is 73.1 Å². The predicted molar refractivity (Wildman–Crippen MR) is 47.6 cm³/mol. The third kappa shape index (κ3) is 9.52. The Kier molecular flexibility index (Phi) is 7.29. The highest BCUT2D eigenvalue weighted by molar-refractivity contribution is 6.17. The number of alkyl halides is 1. The summed E-state index contributed by atoms with van der Waals surface area (Å²) in [5.41, 5.74) is 0. The van der Waals surface area contributed by atoms with Crippen LogP contribution in [0, 0.1) is 11.8 Å². The molecule has 0 aliphatic carbocycles. The van der Waals surface area contributed by atoms with E-state index >= 15 is 0 Å². The van der Waals surface area contributed by atoms with Crippen molar-refractivity contribution in [2.75, 3.05) is 5.88 Å². The van der Waals surface area contributed by atoms with Crippen molar-refractivity contribution in [3.8, 4) is 11.8 Å². The zero-order chi connectivity index (χ0) is 8.53. The molecule has 0 heterocycles. The van der Waals surface area contributed by atoms with Gasteiger partial charge in [-0.3, -0.25) is 4.79 Å². The highest BCUT2D eigenvalue weighted by atomic mass is 35.5. The SMILES string of the molecule is CC(=O)CCC#CCCCCl. The average molecular weight is 173 g/mol. The Morgan fingerprint density at radius 2 is 2.00 bits per heavy atom. The molecule has 0 aliphatic rings. The standard InChI is InChI=1S/C9H13ClO/c1-9(11)7-5-3-2-4-6-8-10/h4-8H2,1H3. The fourth-order valence-corrected chi connectivity index (χ4v) is 0.704. The minimum atomic E-state index is 0.205. The topological polar surface area (TPSA) is 17.1 Å². The molecule has 0 spiro atoms. The van der Waals surface area contributed by atoms with Crippen molar-refractivity contribution in [1.29, 1.82) is 0 Å². The second-order valence-corrected chi connectivity index (χ2v) is 2.73. The van der Waals surface area contributed by atoms with E-state index in [0.717, 1.165) is 12.8 Å². The van der Waals surface area contributed by atoms with E-state index < -0.39 is 0 Å². The lowest BCUT2D eigenvalue weighted by molar-refractivity contribution is -0.116. The van der Waals surface area contributed by atoms with Crippen molar-refractivity contribution in [3.05, 3.63) is 0 Å². The first-order chi connectivity index (χ1) is 5.27. The number of ketones is 1. The third-order valence-electron chi connectivity index (χ3n) is 1.16. The Hall–Kier alpha value is -0.480. The first kappa shape index (κ1) is 10.5. The molecule has 0 amide bonds. The van der Waals surface area contributed by atoms with Gasteiger partial charge in [0.05, 0.1) is 0 Å². The van der Waals surface area contributed by atoms with Crippen LogP contribution in [0.3, 0.4) is 0 Å². The fourth-order valence-electron chi connectivity index (χ4n) is 0.571. The van der Waals surface area contributed by atoms with Crippen LogP contribution in [0.4, 0.5) is 0 Å². The van der Waals surface area contributed by atoms with Crippen LogP contribution in [-0.4, -0.2) is 11.7 Å². The Morgan fingerprint density at radius 1 is 1.36 bits per heavy atom. The maximum atomic E-state index is 10.4. The van der Waals surface area contributed by atoms with Crippen LogP contribution in [0.15, 0.2) is 0 Å². The molecule has 0 aliphatic heterocycles. The minimum absolute atomic E-state index is 0.205. The van der Waals surface area contributed by atoms with Crippen molar-refractivity contribution in [3.63, 3.8) is 0 Å². The molecule has 1 nitrogen and oxygen atoms in total. The number of Topliss-reactive ketones (excluding diaryl/α,β-unsaturated/α-hetero) is 1. The van der Waals surface area contributed by atoms with E-state index in [-0.39, 0.29) is 5.78 Å². The largest absolute Gasteiger partial charge is 0.300 e. The summed E-state index contributed by atoms with van der Waals surface area (Å²) in [6.07, 6.45) is 3.06. The van der Waals surface area contributed by atoms with E-state index in [1.807, 2.05) is 0 Å². The molecule has 0 aromatic carbocycles. The molecule has 0 unspecified atom stereocenters. The zero-order valence-electron chi connectivity index (χ0n) is 6.82. The molecule has 2 heteroatoms. The summed E-state index contributed by atoms with van der Waals surface area (Å²) in [4.78, 5) is 10.4. The number of rotatable bonds is 4. The number of hydrogen-bond acceptors (Lipinski definition) is 1. The van der Waals surface area contributed by atoms with Crippen LogP contribution in [0.25, 0.3) is 0 Å². The molecule has 0 saturated carbocycles. The molecule has 0 N–H and O–H groups in total. The molecule has 0 aromatic heterocycles. The molecule has 0 radical (unpaired) electrons. The molecule has 0 aromatic rings. The van der Waals surface area contributed by atoms with Gasteiger partial charge in [-0.2, -0.15) is 0 Å². The molecule has 0 fully saturated rings. The molecule has 11 heavy (non-hydrogen) atoms. The van der Waals surface area contributed by atoms with Crippen LogP contribution >= 0.6 is 11.6 Å². The number of unbranched alkanes of at least 4 members (excludes halogenated alkanes) is 1. The second-order valence-electron chi connectivity index (χ2n) is 2.35. The van der Waals surface area contributed by atoms with Gasteiger partial charge in [-0.1, -0.05) is 0 Å². The predicted octanol–water partition coefficient (Wildman–Crippen LogP) is 2.38. The van der Waals surface area contributed by atoms with E-state index in [9.17, 15) is 4.79 Å². The zero-order valence-corrected chi connectivity index (χ0v) is 7.58. The lowest BCUT2D eigenvalue weighted by Gasteiger charge is -1.85. The van der Waals surface area contributed by atoms with E-state index in [4.69, 9.17) is 11.6 Å². The summed E-state index contributed by atoms with van der Waals surface area (Å²) in [5, 5.41) is 0. The molecule has 0 bridgehead atoms. The third-order valence-corrected chi connectivity index (χ3v) is 1.43. The number of carbonyl (C=O) groups excluding carboxylic acids is 1. The van der Waals surface area contributed by atoms with Crippen molar-refractivity contribution >= 4 is 17.4 Å². The van der Waals surface area contributed by atoms with Crippen molar-refractivity contribution in [2.45, 2.75) is 32.6 Å². The first-order valence-electron chi connectivity index (χ1n) is 3.78. The summed E-state index contributed by atoms with van der Waals surface area (Å²) < 4.78 is 0. The van der Waals surface area contributed by atoms with Crippen molar-refractivity contribution in [1.82, 2.24) is 0 Å². The van der Waals surface area contributed by atoms with Crippen LogP contribution < -0.4 is 0 Å². The minimum Gasteiger partial charge on any atom is -0.300 e. The monoisotopic (exact) mass is 172 g/mol. The van der Waals surface area contributed by atoms with Gasteiger partial charge in [-0.15, -0.1) is 23.4 Å². The summed E-state index contributed by atoms with van der Waals surface area (Å²) in [6, 6.07) is 0. The number of halogens is 1. The highest BCUT2D eigenvalue weighted by Crippen LogP contribution is 1.91. The van der Waals surface area contributed by atoms with E-state index in [1.54, 1.807) is 6.92 Å². The smallest absolute Gasteiger partial charge is 0.130 e. The average Bonchev–Trinajstić information content (AvgIpc) is 1.96. The van der Waals surface area contributed by atoms with Crippen molar-refractivity contribution in [2.24, 2.45) is 0 Å². The van der Waals surface area contributed by atoms with Gasteiger partial charge in [0.25, 0.3) is 0 Å². The molecule has 0 saturated heterocycles. The summed E-state index contributed by atoms with van der Waals surface area (Å²) in [7, 11) is 0. The van der Waals surface area contributed by atoms with Gasteiger partial charge in [-0.25, -0.2) is 0 Å². The summed E-state index contributed by atoms with van der Waals surface area (Å²) in [6.45, 7) is 1.58. The van der Waals surface area contributed by atoms with Crippen molar-refractivity contribution < 1.29 is 4.79 Å². The normalized spacial score (nSPS) is 8.55. The Balaban J connectivity index is 3.19. The highest BCUT2D eigenvalue weighted by Gasteiger charge is 1.87. The van der Waals surface area contributed by atoms with Gasteiger partial charge >= 0.3 is 0 Å². The number of hydrogen-bond donors (Lipinski definition) is 0. The van der Waals surface area contributed by atoms with Gasteiger partial charge < -0.3 is 0 Å². The lowest BCUT2D eigenvalue weighted by atomic mass is 10.2. The van der Waals surface area contributed by atoms with Gasteiger partial charge in [0.2, 0.25) is 0 Å². The Bertz CT molecular complexity index is 164. The first-order valence-corrected chi connectivity index (χ1v) is 4.32. The molecular formula is C9H13ClO. The molecule has 0 rings (SSSR count). The summed E-state index contributed by atoms with van der Waals surface area (Å²) >= 11 is 5.44. The van der Waals surface area contributed by atoms with Crippen LogP contribution in [0.1, 0.15) is 32.6 Å². The lowest BCUT2D eigenvalue weighted by Crippen LogP contribution is -1.86. The molecule has 0 atom stereocenters. The van der Waals surface area contributed by atoms with E-state index in [2.05, 4.69) is 11.8 Å². The van der Waals surface area contributed by atoms with E-state index in [0.29, 0.717) is 18.7 Å². The number of carbonyl (C=O) groups is 1. The van der Waals surface area contributed by atoms with Gasteiger partial charge in [0.1, 0.15) is 5.78 Å².